The van der Waals surface area contributed by atoms with E-state index in [2.05, 4.69) is 10.1 Å². The number of carbonyl (C=O) groups is 1. The summed E-state index contributed by atoms with van der Waals surface area (Å²) in [6.45, 7) is 5.73. The first-order valence-corrected chi connectivity index (χ1v) is 11.3. The zero-order chi connectivity index (χ0) is 24.2. The lowest BCUT2D eigenvalue weighted by Crippen LogP contribution is -2.37. The first-order chi connectivity index (χ1) is 16.1. The molecule has 10 heteroatoms. The van der Waals surface area contributed by atoms with Crippen molar-refractivity contribution >= 4 is 23.5 Å². The molecule has 4 heterocycles. The van der Waals surface area contributed by atoms with Crippen LogP contribution in [0.3, 0.4) is 0 Å². The van der Waals surface area contributed by atoms with Crippen molar-refractivity contribution in [2.45, 2.75) is 38.8 Å². The lowest BCUT2D eigenvalue weighted by atomic mass is 9.95. The second kappa shape index (κ2) is 8.16. The largest absolute Gasteiger partial charge is 0.493 e. The van der Waals surface area contributed by atoms with Crippen molar-refractivity contribution in [3.8, 4) is 22.8 Å². The van der Waals surface area contributed by atoms with Gasteiger partial charge in [0, 0.05) is 29.9 Å². The Hall–Kier alpha value is -3.33. The Kier molecular flexibility index (Phi) is 5.39. The molecule has 2 aromatic heterocycles. The normalized spacial score (nSPS) is 17.0. The van der Waals surface area contributed by atoms with E-state index in [1.807, 2.05) is 0 Å². The monoisotopic (exact) mass is 486 g/mol. The highest BCUT2D eigenvalue weighted by atomic mass is 35.5. The van der Waals surface area contributed by atoms with Gasteiger partial charge in [-0.2, -0.15) is 5.10 Å². The number of aromatic nitrogens is 3. The fourth-order valence-electron chi connectivity index (χ4n) is 4.23. The number of aryl methyl sites for hydroxylation is 1. The molecule has 0 bridgehead atoms. The molecule has 1 aromatic carbocycles. The van der Waals surface area contributed by atoms with Gasteiger partial charge >= 0.3 is 6.09 Å². The number of hydrogen-bond donors (Lipinski definition) is 0. The molecule has 178 valence electrons. The van der Waals surface area contributed by atoms with Crippen molar-refractivity contribution < 1.29 is 23.4 Å². The minimum Gasteiger partial charge on any atom is -0.493 e. The highest BCUT2D eigenvalue weighted by molar-refractivity contribution is 6.32. The molecule has 0 N–H and O–H groups in total. The van der Waals surface area contributed by atoms with E-state index in [9.17, 15) is 4.79 Å². The lowest BCUT2D eigenvalue weighted by Gasteiger charge is -2.28. The van der Waals surface area contributed by atoms with Gasteiger partial charge in [0.1, 0.15) is 22.3 Å². The second-order valence-electron chi connectivity index (χ2n) is 9.31. The average molecular weight is 487 g/mol. The molecule has 5 rings (SSSR count). The number of amides is 1. The molecule has 0 fully saturated rings. The third-order valence-electron chi connectivity index (χ3n) is 5.75. The molecule has 0 radical (unpaired) electrons. The quantitative estimate of drug-likeness (QED) is 0.446. The van der Waals surface area contributed by atoms with E-state index in [1.165, 1.54) is 11.0 Å². The maximum Gasteiger partial charge on any atom is 0.416 e. The number of ether oxygens (including phenoxy) is 3. The van der Waals surface area contributed by atoms with Crippen LogP contribution in [0.2, 0.25) is 5.15 Å². The molecular formula is C24H24ClFN4O4. The van der Waals surface area contributed by atoms with Gasteiger partial charge in [-0.15, -0.1) is 0 Å². The van der Waals surface area contributed by atoms with Crippen LogP contribution in [0, 0.1) is 5.82 Å². The summed E-state index contributed by atoms with van der Waals surface area (Å²) in [6, 6.07) is 6.47. The van der Waals surface area contributed by atoms with Crippen LogP contribution >= 0.6 is 11.6 Å². The smallest absolute Gasteiger partial charge is 0.416 e. The van der Waals surface area contributed by atoms with Gasteiger partial charge in [-0.3, -0.25) is 9.58 Å². The molecule has 2 aliphatic heterocycles. The molecular weight excluding hydrogens is 463 g/mol. The van der Waals surface area contributed by atoms with Crippen LogP contribution in [-0.2, 0) is 18.3 Å². The van der Waals surface area contributed by atoms with Crippen molar-refractivity contribution in [1.29, 1.82) is 0 Å². The van der Waals surface area contributed by atoms with E-state index in [-0.39, 0.29) is 30.0 Å². The van der Waals surface area contributed by atoms with E-state index in [4.69, 9.17) is 25.8 Å². The predicted octanol–water partition coefficient (Wildman–Crippen LogP) is 5.08. The van der Waals surface area contributed by atoms with Gasteiger partial charge in [0.25, 0.3) is 0 Å². The summed E-state index contributed by atoms with van der Waals surface area (Å²) in [5.41, 5.74) is 1.58. The average Bonchev–Trinajstić information content (AvgIpc) is 3.37. The first kappa shape index (κ1) is 22.5. The molecule has 3 aromatic rings. The number of hydrogen-bond acceptors (Lipinski definition) is 6. The van der Waals surface area contributed by atoms with Crippen LogP contribution in [0.15, 0.2) is 30.5 Å². The maximum absolute atomic E-state index is 15.1. The Morgan fingerprint density at radius 3 is 2.62 bits per heavy atom. The van der Waals surface area contributed by atoms with E-state index in [1.54, 1.807) is 56.9 Å². The van der Waals surface area contributed by atoms with E-state index in [0.717, 1.165) is 5.69 Å². The zero-order valence-corrected chi connectivity index (χ0v) is 20.0. The van der Waals surface area contributed by atoms with Crippen LogP contribution in [0.4, 0.5) is 15.0 Å². The van der Waals surface area contributed by atoms with Crippen LogP contribution in [0.25, 0.3) is 11.3 Å². The lowest BCUT2D eigenvalue weighted by molar-refractivity contribution is 0.0575. The first-order valence-electron chi connectivity index (χ1n) is 10.9. The minimum absolute atomic E-state index is 0.117. The molecule has 0 aliphatic carbocycles. The Morgan fingerprint density at radius 2 is 1.94 bits per heavy atom. The summed E-state index contributed by atoms with van der Waals surface area (Å²) in [5.74, 6) is 0.421. The minimum atomic E-state index is -0.780. The van der Waals surface area contributed by atoms with Crippen molar-refractivity contribution in [1.82, 2.24) is 14.8 Å². The van der Waals surface area contributed by atoms with Gasteiger partial charge in [0.2, 0.25) is 0 Å². The third-order valence-corrected chi connectivity index (χ3v) is 6.04. The number of rotatable bonds is 1. The molecule has 2 aliphatic rings. The van der Waals surface area contributed by atoms with Crippen molar-refractivity contribution in [3.05, 3.63) is 52.6 Å². The van der Waals surface area contributed by atoms with Crippen LogP contribution in [0.1, 0.15) is 37.8 Å². The SMILES string of the molecule is Cn1nccc1-c1cc2c(nc1Cl)N(C(=O)OC(C)(C)C)Cc1c(F)ccc3c1[C@@H](CO2)CO3. The summed E-state index contributed by atoms with van der Waals surface area (Å²) < 4.78 is 34.4. The molecule has 1 amide bonds. The van der Waals surface area contributed by atoms with Gasteiger partial charge < -0.3 is 14.2 Å². The Labute approximate surface area is 201 Å². The molecule has 8 nitrogen and oxygen atoms in total. The Morgan fingerprint density at radius 1 is 1.21 bits per heavy atom. The van der Waals surface area contributed by atoms with Crippen molar-refractivity contribution in [3.63, 3.8) is 0 Å². The molecule has 0 unspecified atom stereocenters. The van der Waals surface area contributed by atoms with Gasteiger partial charge in [-0.05, 0) is 45.0 Å². The standard InChI is InChI=1S/C24H24ClFN4O4/c1-24(2,3)34-23(31)30-10-15-16(26)5-6-18-20(15)13(11-32-18)12-33-19-9-14(21(25)28-22(19)30)17-7-8-27-29(17)4/h5-9,13H,10-12H2,1-4H3/t13-/m1/s1. The summed E-state index contributed by atoms with van der Waals surface area (Å²) in [6.07, 6.45) is 0.960. The van der Waals surface area contributed by atoms with Gasteiger partial charge in [-0.1, -0.05) is 11.6 Å². The topological polar surface area (TPSA) is 78.7 Å². The molecule has 1 atom stereocenters. The fraction of sp³-hybridized carbons (Fsp3) is 0.375. The molecule has 34 heavy (non-hydrogen) atoms. The summed E-state index contributed by atoms with van der Waals surface area (Å²) in [7, 11) is 1.79. The predicted molar refractivity (Wildman–Crippen MR) is 124 cm³/mol. The highest BCUT2D eigenvalue weighted by Crippen LogP contribution is 2.43. The summed E-state index contributed by atoms with van der Waals surface area (Å²) in [5, 5.41) is 4.35. The number of nitrogens with zero attached hydrogens (tertiary/aromatic N) is 4. The molecule has 0 spiro atoms. The number of carbonyl (C=O) groups excluding carboxylic acids is 1. The van der Waals surface area contributed by atoms with Gasteiger partial charge in [-0.25, -0.2) is 14.2 Å². The Bertz CT molecular complexity index is 1290. The highest BCUT2D eigenvalue weighted by Gasteiger charge is 2.36. The summed E-state index contributed by atoms with van der Waals surface area (Å²) in [4.78, 5) is 19.1. The number of anilines is 1. The second-order valence-corrected chi connectivity index (χ2v) is 9.67. The van der Waals surface area contributed by atoms with Gasteiger partial charge in [0.05, 0.1) is 31.4 Å². The van der Waals surface area contributed by atoms with Gasteiger partial charge in [0.15, 0.2) is 11.6 Å². The molecule has 0 saturated heterocycles. The van der Waals surface area contributed by atoms with Crippen LogP contribution in [-0.4, -0.2) is 39.7 Å². The molecule has 0 saturated carbocycles. The number of pyridine rings is 1. The number of halogens is 2. The number of benzene rings is 1. The van der Waals surface area contributed by atoms with Crippen molar-refractivity contribution in [2.75, 3.05) is 18.1 Å². The van der Waals surface area contributed by atoms with Crippen molar-refractivity contribution in [2.24, 2.45) is 7.05 Å². The van der Waals surface area contributed by atoms with Crippen LogP contribution in [0.5, 0.6) is 11.5 Å². The zero-order valence-electron chi connectivity index (χ0n) is 19.3. The van der Waals surface area contributed by atoms with E-state index >= 15 is 4.39 Å². The number of fused-ring (bicyclic) bond motifs is 1. The summed E-state index contributed by atoms with van der Waals surface area (Å²) >= 11 is 6.58. The third kappa shape index (κ3) is 3.94. The van der Waals surface area contributed by atoms with Crippen LogP contribution < -0.4 is 14.4 Å². The maximum atomic E-state index is 15.1. The van der Waals surface area contributed by atoms with E-state index in [0.29, 0.717) is 34.8 Å². The Balaban J connectivity index is 1.69. The fourth-order valence-corrected chi connectivity index (χ4v) is 4.46. The van der Waals surface area contributed by atoms with E-state index < -0.39 is 17.5 Å².